The van der Waals surface area contributed by atoms with Crippen LogP contribution in [0.4, 0.5) is 0 Å². The standard InChI is InChI=1S/C20H29N5O2S/c1-5-21-19(23-11-17-22-10-16(27-17)20(2,3)4)24-12-18(26)25-8-6-15-14(13-25)7-9-28-15/h7,9-10H,5-6,8,11-13H2,1-4H3,(H2,21,23,24). The third kappa shape index (κ3) is 5.13. The largest absolute Gasteiger partial charge is 0.443 e. The number of amides is 1. The van der Waals surface area contributed by atoms with Crippen LogP contribution in [0.2, 0.25) is 0 Å². The first-order valence-corrected chi connectivity index (χ1v) is 10.5. The number of hydrogen-bond donors (Lipinski definition) is 2. The first-order valence-electron chi connectivity index (χ1n) is 9.67. The maximum absolute atomic E-state index is 12.6. The van der Waals surface area contributed by atoms with Gasteiger partial charge in [-0.05, 0) is 30.4 Å². The molecule has 1 aliphatic heterocycles. The lowest BCUT2D eigenvalue weighted by Gasteiger charge is -2.26. The van der Waals surface area contributed by atoms with Crippen LogP contribution in [0.5, 0.6) is 0 Å². The Kier molecular flexibility index (Phi) is 6.39. The molecule has 152 valence electrons. The molecule has 0 radical (unpaired) electrons. The minimum Gasteiger partial charge on any atom is -0.443 e. The highest BCUT2D eigenvalue weighted by molar-refractivity contribution is 7.10. The van der Waals surface area contributed by atoms with Crippen LogP contribution < -0.4 is 10.6 Å². The smallest absolute Gasteiger partial charge is 0.244 e. The van der Waals surface area contributed by atoms with Gasteiger partial charge in [-0.1, -0.05) is 20.8 Å². The van der Waals surface area contributed by atoms with Gasteiger partial charge in [-0.2, -0.15) is 0 Å². The number of hydrogen-bond acceptors (Lipinski definition) is 5. The van der Waals surface area contributed by atoms with Crippen LogP contribution in [0.3, 0.4) is 0 Å². The Labute approximate surface area is 170 Å². The molecule has 28 heavy (non-hydrogen) atoms. The number of guanidine groups is 1. The molecular weight excluding hydrogens is 374 g/mol. The van der Waals surface area contributed by atoms with E-state index >= 15 is 0 Å². The van der Waals surface area contributed by atoms with Gasteiger partial charge in [0.25, 0.3) is 0 Å². The SMILES string of the molecule is CCNC(=NCC(=O)N1CCc2sccc2C1)NCc1ncc(C(C)(C)C)o1. The fourth-order valence-electron chi connectivity index (χ4n) is 2.95. The van der Waals surface area contributed by atoms with Gasteiger partial charge < -0.3 is 20.0 Å². The number of aliphatic imine (C=N–C) groups is 1. The van der Waals surface area contributed by atoms with Crippen molar-refractivity contribution in [2.45, 2.75) is 52.6 Å². The van der Waals surface area contributed by atoms with Gasteiger partial charge >= 0.3 is 0 Å². The summed E-state index contributed by atoms with van der Waals surface area (Å²) < 4.78 is 5.79. The maximum Gasteiger partial charge on any atom is 0.244 e. The lowest BCUT2D eigenvalue weighted by Crippen LogP contribution is -2.40. The van der Waals surface area contributed by atoms with Gasteiger partial charge in [0.05, 0.1) is 12.7 Å². The van der Waals surface area contributed by atoms with Crippen LogP contribution in [0.15, 0.2) is 27.1 Å². The van der Waals surface area contributed by atoms with E-state index in [9.17, 15) is 4.79 Å². The first kappa shape index (κ1) is 20.4. The average Bonchev–Trinajstić information content (AvgIpc) is 3.31. The molecule has 1 aliphatic rings. The molecule has 0 saturated heterocycles. The van der Waals surface area contributed by atoms with E-state index in [2.05, 4.69) is 52.8 Å². The van der Waals surface area contributed by atoms with E-state index in [1.807, 2.05) is 11.8 Å². The fraction of sp³-hybridized carbons (Fsp3) is 0.550. The Morgan fingerprint density at radius 1 is 1.39 bits per heavy atom. The summed E-state index contributed by atoms with van der Waals surface area (Å²) in [6.07, 6.45) is 2.70. The van der Waals surface area contributed by atoms with E-state index in [1.165, 1.54) is 10.4 Å². The molecule has 7 nitrogen and oxygen atoms in total. The van der Waals surface area contributed by atoms with Gasteiger partial charge in [0.15, 0.2) is 5.96 Å². The summed E-state index contributed by atoms with van der Waals surface area (Å²) in [4.78, 5) is 24.6. The lowest BCUT2D eigenvalue weighted by atomic mass is 9.94. The van der Waals surface area contributed by atoms with Gasteiger partial charge in [0.1, 0.15) is 12.3 Å². The predicted molar refractivity (Wildman–Crippen MR) is 111 cm³/mol. The highest BCUT2D eigenvalue weighted by atomic mass is 32.1. The number of carbonyl (C=O) groups is 1. The molecule has 0 unspecified atom stereocenters. The topological polar surface area (TPSA) is 82.8 Å². The fourth-order valence-corrected chi connectivity index (χ4v) is 3.84. The zero-order chi connectivity index (χ0) is 20.1. The van der Waals surface area contributed by atoms with Crippen molar-refractivity contribution in [2.24, 2.45) is 4.99 Å². The molecule has 3 heterocycles. The third-order valence-electron chi connectivity index (χ3n) is 4.58. The number of thiophene rings is 1. The molecule has 2 aromatic heterocycles. The van der Waals surface area contributed by atoms with E-state index < -0.39 is 0 Å². The molecule has 2 N–H and O–H groups in total. The Bertz CT molecular complexity index is 834. The van der Waals surface area contributed by atoms with Crippen molar-refractivity contribution >= 4 is 23.2 Å². The number of nitrogens with zero attached hydrogens (tertiary/aromatic N) is 3. The number of rotatable bonds is 5. The molecule has 3 rings (SSSR count). The van der Waals surface area contributed by atoms with Gasteiger partial charge in [-0.25, -0.2) is 9.98 Å². The van der Waals surface area contributed by atoms with Crippen molar-refractivity contribution in [3.8, 4) is 0 Å². The minimum atomic E-state index is -0.0764. The van der Waals surface area contributed by atoms with E-state index in [-0.39, 0.29) is 17.9 Å². The highest BCUT2D eigenvalue weighted by Gasteiger charge is 2.21. The molecule has 0 fully saturated rings. The molecule has 2 aromatic rings. The number of nitrogens with one attached hydrogen (secondary N) is 2. The van der Waals surface area contributed by atoms with E-state index in [0.29, 0.717) is 31.5 Å². The van der Waals surface area contributed by atoms with E-state index in [0.717, 1.165) is 18.7 Å². The zero-order valence-corrected chi connectivity index (χ0v) is 17.9. The van der Waals surface area contributed by atoms with Crippen molar-refractivity contribution in [1.82, 2.24) is 20.5 Å². The average molecular weight is 404 g/mol. The maximum atomic E-state index is 12.6. The summed E-state index contributed by atoms with van der Waals surface area (Å²) in [5, 5.41) is 8.44. The van der Waals surface area contributed by atoms with E-state index in [1.54, 1.807) is 17.5 Å². The van der Waals surface area contributed by atoms with Crippen LogP contribution in [-0.2, 0) is 29.7 Å². The van der Waals surface area contributed by atoms with E-state index in [4.69, 9.17) is 4.42 Å². The Balaban J connectivity index is 1.55. The zero-order valence-electron chi connectivity index (χ0n) is 17.0. The number of carbonyl (C=O) groups excluding carboxylic acids is 1. The van der Waals surface area contributed by atoms with Crippen LogP contribution in [0.25, 0.3) is 0 Å². The molecular formula is C20H29N5O2S. The normalized spacial score (nSPS) is 14.7. The van der Waals surface area contributed by atoms with Gasteiger partial charge in [-0.15, -0.1) is 11.3 Å². The molecule has 0 saturated carbocycles. The first-order chi connectivity index (χ1) is 13.4. The summed E-state index contributed by atoms with van der Waals surface area (Å²) in [7, 11) is 0. The van der Waals surface area contributed by atoms with Crippen LogP contribution in [-0.4, -0.2) is 41.4 Å². The minimum absolute atomic E-state index is 0.0418. The summed E-state index contributed by atoms with van der Waals surface area (Å²) in [6, 6.07) is 2.11. The quantitative estimate of drug-likeness (QED) is 0.592. The molecule has 0 spiro atoms. The summed E-state index contributed by atoms with van der Waals surface area (Å²) >= 11 is 1.77. The summed E-state index contributed by atoms with van der Waals surface area (Å²) in [6.45, 7) is 10.9. The molecule has 0 atom stereocenters. The van der Waals surface area contributed by atoms with Crippen LogP contribution >= 0.6 is 11.3 Å². The predicted octanol–water partition coefficient (Wildman–Crippen LogP) is 2.67. The second-order valence-electron chi connectivity index (χ2n) is 7.85. The molecule has 0 bridgehead atoms. The van der Waals surface area contributed by atoms with Gasteiger partial charge in [0, 0.05) is 29.9 Å². The summed E-state index contributed by atoms with van der Waals surface area (Å²) in [5.41, 5.74) is 1.18. The summed E-state index contributed by atoms with van der Waals surface area (Å²) in [5.74, 6) is 2.07. The lowest BCUT2D eigenvalue weighted by molar-refractivity contribution is -0.130. The molecule has 1 amide bonds. The van der Waals surface area contributed by atoms with Crippen molar-refractivity contribution < 1.29 is 9.21 Å². The highest BCUT2D eigenvalue weighted by Crippen LogP contribution is 2.24. The molecule has 8 heteroatoms. The van der Waals surface area contributed by atoms with Crippen molar-refractivity contribution in [2.75, 3.05) is 19.6 Å². The van der Waals surface area contributed by atoms with Crippen LogP contribution in [0.1, 0.15) is 49.8 Å². The number of aromatic nitrogens is 1. The van der Waals surface area contributed by atoms with Gasteiger partial charge in [-0.3, -0.25) is 4.79 Å². The number of oxazole rings is 1. The second-order valence-corrected chi connectivity index (χ2v) is 8.85. The Hall–Kier alpha value is -2.35. The number of fused-ring (bicyclic) bond motifs is 1. The second kappa shape index (κ2) is 8.77. The van der Waals surface area contributed by atoms with Crippen LogP contribution in [0, 0.1) is 0 Å². The van der Waals surface area contributed by atoms with Crippen molar-refractivity contribution in [3.63, 3.8) is 0 Å². The third-order valence-corrected chi connectivity index (χ3v) is 5.60. The molecule has 0 aliphatic carbocycles. The van der Waals surface area contributed by atoms with Crippen molar-refractivity contribution in [1.29, 1.82) is 0 Å². The van der Waals surface area contributed by atoms with Gasteiger partial charge in [0.2, 0.25) is 11.8 Å². The monoisotopic (exact) mass is 403 g/mol. The Morgan fingerprint density at radius 2 is 2.21 bits per heavy atom. The Morgan fingerprint density at radius 3 is 2.93 bits per heavy atom. The van der Waals surface area contributed by atoms with Crippen molar-refractivity contribution in [3.05, 3.63) is 39.7 Å². The molecule has 0 aromatic carbocycles.